The van der Waals surface area contributed by atoms with Crippen LogP contribution in [0.5, 0.6) is 0 Å². The number of nitrogens with two attached hydrogens (primary N) is 1. The Hall–Kier alpha value is -2.36. The predicted molar refractivity (Wildman–Crippen MR) is 73.3 cm³/mol. The highest BCUT2D eigenvalue weighted by Crippen LogP contribution is 2.09. The molecule has 2 aromatic rings. The molecule has 0 unspecified atom stereocenters. The second kappa shape index (κ2) is 7.06. The average molecular weight is 244 g/mol. The van der Waals surface area contributed by atoms with Crippen molar-refractivity contribution in [1.29, 1.82) is 0 Å². The van der Waals surface area contributed by atoms with Gasteiger partial charge in [0.05, 0.1) is 4.92 Å². The second-order valence-corrected chi connectivity index (χ2v) is 3.65. The third kappa shape index (κ3) is 4.25. The minimum atomic E-state index is -0.417. The number of nitrogens with zero attached hydrogens (tertiary/aromatic N) is 1. The van der Waals surface area contributed by atoms with E-state index in [1.165, 1.54) is 17.7 Å². The van der Waals surface area contributed by atoms with E-state index in [-0.39, 0.29) is 5.69 Å². The van der Waals surface area contributed by atoms with Crippen molar-refractivity contribution in [1.82, 2.24) is 0 Å². The molecule has 0 heterocycles. The Morgan fingerprint density at radius 1 is 1.06 bits per heavy atom. The topological polar surface area (TPSA) is 69.2 Å². The fourth-order valence-electron chi connectivity index (χ4n) is 1.41. The van der Waals surface area contributed by atoms with Crippen LogP contribution in [0.1, 0.15) is 12.5 Å². The van der Waals surface area contributed by atoms with E-state index in [1.54, 1.807) is 18.2 Å². The third-order valence-corrected chi connectivity index (χ3v) is 2.40. The Labute approximate surface area is 106 Å². The van der Waals surface area contributed by atoms with Gasteiger partial charge in [0.25, 0.3) is 5.69 Å². The van der Waals surface area contributed by atoms with E-state index >= 15 is 0 Å². The summed E-state index contributed by atoms with van der Waals surface area (Å²) in [5, 5.41) is 10.0. The van der Waals surface area contributed by atoms with Crippen molar-refractivity contribution in [2.45, 2.75) is 13.3 Å². The van der Waals surface area contributed by atoms with Gasteiger partial charge in [0.15, 0.2) is 0 Å². The van der Waals surface area contributed by atoms with E-state index in [9.17, 15) is 10.1 Å². The fourth-order valence-corrected chi connectivity index (χ4v) is 1.41. The first-order chi connectivity index (χ1) is 8.65. The maximum atomic E-state index is 10.0. The van der Waals surface area contributed by atoms with Crippen LogP contribution in [0, 0.1) is 10.1 Å². The molecule has 0 amide bonds. The maximum Gasteiger partial charge on any atom is 0.269 e. The number of nitrogen functional groups attached to an aromatic ring is 1. The molecule has 0 aliphatic rings. The lowest BCUT2D eigenvalue weighted by atomic mass is 10.1. The second-order valence-electron chi connectivity index (χ2n) is 3.65. The van der Waals surface area contributed by atoms with Crippen molar-refractivity contribution in [3.8, 4) is 0 Å². The SMILES string of the molecule is CCc1ccccc1N.O=[N+]([O-])c1ccccc1. The van der Waals surface area contributed by atoms with Gasteiger partial charge in [-0.2, -0.15) is 0 Å². The summed E-state index contributed by atoms with van der Waals surface area (Å²) in [6.07, 6.45) is 1.02. The van der Waals surface area contributed by atoms with Gasteiger partial charge in [-0.1, -0.05) is 43.3 Å². The molecular formula is C14H16N2O2. The summed E-state index contributed by atoms with van der Waals surface area (Å²) in [6, 6.07) is 15.9. The molecule has 0 saturated heterocycles. The van der Waals surface area contributed by atoms with Crippen molar-refractivity contribution in [2.75, 3.05) is 5.73 Å². The zero-order valence-electron chi connectivity index (χ0n) is 10.2. The Bertz CT molecular complexity index is 498. The molecule has 94 valence electrons. The summed E-state index contributed by atoms with van der Waals surface area (Å²) in [5.41, 5.74) is 7.90. The van der Waals surface area contributed by atoms with Crippen LogP contribution in [0.15, 0.2) is 54.6 Å². The first-order valence-corrected chi connectivity index (χ1v) is 5.68. The summed E-state index contributed by atoms with van der Waals surface area (Å²) in [6.45, 7) is 2.10. The van der Waals surface area contributed by atoms with Crippen LogP contribution in [0.3, 0.4) is 0 Å². The molecule has 4 nitrogen and oxygen atoms in total. The number of rotatable bonds is 2. The zero-order chi connectivity index (χ0) is 13.4. The van der Waals surface area contributed by atoms with Crippen molar-refractivity contribution in [3.05, 3.63) is 70.3 Å². The minimum absolute atomic E-state index is 0.137. The van der Waals surface area contributed by atoms with Gasteiger partial charge in [0.1, 0.15) is 0 Å². The molecule has 4 heteroatoms. The smallest absolute Gasteiger partial charge is 0.269 e. The van der Waals surface area contributed by atoms with Crippen LogP contribution in [0.25, 0.3) is 0 Å². The van der Waals surface area contributed by atoms with Crippen LogP contribution in [0.4, 0.5) is 11.4 Å². The first kappa shape index (κ1) is 13.7. The number of non-ortho nitro benzene ring substituents is 1. The molecule has 0 aromatic heterocycles. The summed E-state index contributed by atoms with van der Waals surface area (Å²) in [5.74, 6) is 0. The lowest BCUT2D eigenvalue weighted by Crippen LogP contribution is -1.90. The number of benzene rings is 2. The van der Waals surface area contributed by atoms with Crippen LogP contribution in [-0.4, -0.2) is 4.92 Å². The number of para-hydroxylation sites is 2. The van der Waals surface area contributed by atoms with Crippen LogP contribution in [0.2, 0.25) is 0 Å². The highest BCUT2D eigenvalue weighted by Gasteiger charge is 1.98. The molecule has 0 radical (unpaired) electrons. The molecule has 0 aliphatic carbocycles. The number of hydrogen-bond acceptors (Lipinski definition) is 3. The number of nitro benzene ring substituents is 1. The van der Waals surface area contributed by atoms with Crippen LogP contribution in [-0.2, 0) is 6.42 Å². The molecule has 2 aromatic carbocycles. The Morgan fingerprint density at radius 2 is 1.61 bits per heavy atom. The van der Waals surface area contributed by atoms with Crippen molar-refractivity contribution >= 4 is 11.4 Å². The maximum absolute atomic E-state index is 10.0. The molecule has 0 bridgehead atoms. The molecule has 0 saturated carbocycles. The summed E-state index contributed by atoms with van der Waals surface area (Å²) >= 11 is 0. The molecular weight excluding hydrogens is 228 g/mol. The molecule has 0 fully saturated rings. The van der Waals surface area contributed by atoms with Crippen LogP contribution >= 0.6 is 0 Å². The number of anilines is 1. The molecule has 18 heavy (non-hydrogen) atoms. The lowest BCUT2D eigenvalue weighted by molar-refractivity contribution is -0.384. The van der Waals surface area contributed by atoms with Gasteiger partial charge in [0.2, 0.25) is 0 Å². The molecule has 0 atom stereocenters. The van der Waals surface area contributed by atoms with Gasteiger partial charge in [-0.25, -0.2) is 0 Å². The normalized spacial score (nSPS) is 9.17. The largest absolute Gasteiger partial charge is 0.399 e. The van der Waals surface area contributed by atoms with Gasteiger partial charge in [-0.05, 0) is 18.1 Å². The van der Waals surface area contributed by atoms with E-state index in [2.05, 4.69) is 13.0 Å². The standard InChI is InChI=1S/C8H11N.C6H5NO2/c1-2-7-5-3-4-6-8(7)9;8-7(9)6-4-2-1-3-5-6/h3-6H,2,9H2,1H3;1-5H. The van der Waals surface area contributed by atoms with Crippen molar-refractivity contribution < 1.29 is 4.92 Å². The van der Waals surface area contributed by atoms with Crippen molar-refractivity contribution in [2.24, 2.45) is 0 Å². The minimum Gasteiger partial charge on any atom is -0.399 e. The molecule has 2 rings (SSSR count). The van der Waals surface area contributed by atoms with Gasteiger partial charge in [-0.3, -0.25) is 10.1 Å². The van der Waals surface area contributed by atoms with Crippen LogP contribution < -0.4 is 5.73 Å². The van der Waals surface area contributed by atoms with Gasteiger partial charge in [-0.15, -0.1) is 0 Å². The van der Waals surface area contributed by atoms with E-state index in [0.717, 1.165) is 12.1 Å². The predicted octanol–water partition coefficient (Wildman–Crippen LogP) is 3.43. The third-order valence-electron chi connectivity index (χ3n) is 2.40. The summed E-state index contributed by atoms with van der Waals surface area (Å²) in [7, 11) is 0. The lowest BCUT2D eigenvalue weighted by Gasteiger charge is -1.98. The van der Waals surface area contributed by atoms with E-state index in [0.29, 0.717) is 0 Å². The number of aryl methyl sites for hydroxylation is 1. The Morgan fingerprint density at radius 3 is 2.00 bits per heavy atom. The van der Waals surface area contributed by atoms with E-state index in [4.69, 9.17) is 5.73 Å². The van der Waals surface area contributed by atoms with Gasteiger partial charge < -0.3 is 5.73 Å². The van der Waals surface area contributed by atoms with E-state index in [1.807, 2.05) is 18.2 Å². The highest BCUT2D eigenvalue weighted by molar-refractivity contribution is 5.46. The number of hydrogen-bond donors (Lipinski definition) is 1. The average Bonchev–Trinajstić information content (AvgIpc) is 2.41. The Kier molecular flexibility index (Phi) is 5.38. The quantitative estimate of drug-likeness (QED) is 0.500. The molecule has 2 N–H and O–H groups in total. The summed E-state index contributed by atoms with van der Waals surface area (Å²) in [4.78, 5) is 9.59. The fraction of sp³-hybridized carbons (Fsp3) is 0.143. The molecule has 0 spiro atoms. The number of nitro groups is 1. The first-order valence-electron chi connectivity index (χ1n) is 5.68. The Balaban J connectivity index is 0.000000180. The monoisotopic (exact) mass is 244 g/mol. The highest BCUT2D eigenvalue weighted by atomic mass is 16.6. The summed E-state index contributed by atoms with van der Waals surface area (Å²) < 4.78 is 0. The zero-order valence-corrected chi connectivity index (χ0v) is 10.2. The van der Waals surface area contributed by atoms with E-state index < -0.39 is 4.92 Å². The van der Waals surface area contributed by atoms with Crippen molar-refractivity contribution in [3.63, 3.8) is 0 Å². The van der Waals surface area contributed by atoms with Gasteiger partial charge >= 0.3 is 0 Å². The molecule has 0 aliphatic heterocycles. The van der Waals surface area contributed by atoms with Gasteiger partial charge in [0, 0.05) is 17.8 Å².